The van der Waals surface area contributed by atoms with Gasteiger partial charge in [0.2, 0.25) is 0 Å². The zero-order valence-electron chi connectivity index (χ0n) is 13.7. The maximum atomic E-state index is 5.17. The first-order valence-corrected chi connectivity index (χ1v) is 8.51. The summed E-state index contributed by atoms with van der Waals surface area (Å²) in [5.41, 5.74) is 4.52. The van der Waals surface area contributed by atoms with E-state index in [1.165, 1.54) is 0 Å². The molecule has 0 fully saturated rings. The zero-order valence-corrected chi connectivity index (χ0v) is 14.5. The summed E-state index contributed by atoms with van der Waals surface area (Å²) in [6, 6.07) is 16.0. The van der Waals surface area contributed by atoms with Crippen LogP contribution in [0.1, 0.15) is 11.1 Å². The molecule has 120 valence electrons. The minimum atomic E-state index is 0.863. The van der Waals surface area contributed by atoms with E-state index < -0.39 is 0 Å². The van der Waals surface area contributed by atoms with Crippen molar-refractivity contribution in [1.29, 1.82) is 0 Å². The first-order valence-electron chi connectivity index (χ1n) is 7.36. The van der Waals surface area contributed by atoms with Gasteiger partial charge >= 0.3 is 0 Å². The maximum Gasteiger partial charge on any atom is 0.118 e. The third-order valence-electron chi connectivity index (χ3n) is 3.55. The Morgan fingerprint density at radius 3 is 1.39 bits per heavy atom. The van der Waals surface area contributed by atoms with E-state index in [9.17, 15) is 0 Å². The Morgan fingerprint density at radius 2 is 1.09 bits per heavy atom. The van der Waals surface area contributed by atoms with Gasteiger partial charge in [-0.05, 0) is 46.5 Å². The Morgan fingerprint density at radius 1 is 0.739 bits per heavy atom. The predicted octanol–water partition coefficient (Wildman–Crippen LogP) is 5.16. The molecule has 0 spiro atoms. The Kier molecular flexibility index (Phi) is 6.36. The lowest BCUT2D eigenvalue weighted by atomic mass is 10.1. The SMILES string of the molecule is C=C(CSCC(=C)c1ccc(OC)cc1)c1ccc(OC)cc1. The highest BCUT2D eigenvalue weighted by molar-refractivity contribution is 8.00. The lowest BCUT2D eigenvalue weighted by Crippen LogP contribution is -1.92. The van der Waals surface area contributed by atoms with Crippen LogP contribution in [0.3, 0.4) is 0 Å². The van der Waals surface area contributed by atoms with E-state index in [1.807, 2.05) is 60.3 Å². The Hall–Kier alpha value is -2.13. The number of hydrogen-bond acceptors (Lipinski definition) is 3. The molecule has 0 aliphatic carbocycles. The molecule has 0 heterocycles. The molecular weight excluding hydrogens is 304 g/mol. The molecule has 0 amide bonds. The van der Waals surface area contributed by atoms with Crippen LogP contribution < -0.4 is 9.47 Å². The standard InChI is InChI=1S/C20H22O2S/c1-15(17-5-9-19(21-3)10-6-17)13-23-14-16(2)18-7-11-20(22-4)12-8-18/h5-12H,1-2,13-14H2,3-4H3. The van der Waals surface area contributed by atoms with Gasteiger partial charge in [0, 0.05) is 11.5 Å². The molecule has 2 rings (SSSR count). The zero-order chi connectivity index (χ0) is 16.7. The second-order valence-electron chi connectivity index (χ2n) is 5.16. The van der Waals surface area contributed by atoms with Gasteiger partial charge in [0.05, 0.1) is 14.2 Å². The van der Waals surface area contributed by atoms with Crippen molar-refractivity contribution in [3.05, 3.63) is 72.8 Å². The van der Waals surface area contributed by atoms with Gasteiger partial charge in [-0.1, -0.05) is 37.4 Å². The Labute approximate surface area is 142 Å². The maximum absolute atomic E-state index is 5.17. The van der Waals surface area contributed by atoms with Crippen LogP contribution in [0.5, 0.6) is 11.5 Å². The summed E-state index contributed by atoms with van der Waals surface area (Å²) in [7, 11) is 3.34. The average molecular weight is 326 g/mol. The molecule has 2 aromatic carbocycles. The Bertz CT molecular complexity index is 598. The molecular formula is C20H22O2S. The number of thioether (sulfide) groups is 1. The van der Waals surface area contributed by atoms with Gasteiger partial charge in [-0.2, -0.15) is 11.8 Å². The monoisotopic (exact) mass is 326 g/mol. The minimum absolute atomic E-state index is 0.863. The van der Waals surface area contributed by atoms with Crippen LogP contribution in [-0.4, -0.2) is 25.7 Å². The van der Waals surface area contributed by atoms with Gasteiger partial charge in [-0.3, -0.25) is 0 Å². The summed E-state index contributed by atoms with van der Waals surface area (Å²) in [5.74, 6) is 3.48. The van der Waals surface area contributed by atoms with E-state index in [0.29, 0.717) is 0 Å². The van der Waals surface area contributed by atoms with E-state index in [1.54, 1.807) is 14.2 Å². The molecule has 0 unspecified atom stereocenters. The van der Waals surface area contributed by atoms with Crippen molar-refractivity contribution >= 4 is 22.9 Å². The van der Waals surface area contributed by atoms with Crippen LogP contribution >= 0.6 is 11.8 Å². The van der Waals surface area contributed by atoms with E-state index in [4.69, 9.17) is 9.47 Å². The fourth-order valence-electron chi connectivity index (χ4n) is 2.12. The van der Waals surface area contributed by atoms with Crippen molar-refractivity contribution in [2.45, 2.75) is 0 Å². The smallest absolute Gasteiger partial charge is 0.118 e. The average Bonchev–Trinajstić information content (AvgIpc) is 2.61. The number of benzene rings is 2. The predicted molar refractivity (Wildman–Crippen MR) is 101 cm³/mol. The van der Waals surface area contributed by atoms with Gasteiger partial charge in [0.15, 0.2) is 0 Å². The summed E-state index contributed by atoms with van der Waals surface area (Å²) >= 11 is 1.82. The van der Waals surface area contributed by atoms with Crippen LogP contribution in [0.25, 0.3) is 11.1 Å². The van der Waals surface area contributed by atoms with E-state index in [2.05, 4.69) is 13.2 Å². The van der Waals surface area contributed by atoms with Crippen LogP contribution in [0.2, 0.25) is 0 Å². The third kappa shape index (κ3) is 4.93. The first-order chi connectivity index (χ1) is 11.1. The van der Waals surface area contributed by atoms with Crippen molar-refractivity contribution < 1.29 is 9.47 Å². The van der Waals surface area contributed by atoms with Crippen molar-refractivity contribution in [3.63, 3.8) is 0 Å². The number of hydrogen-bond donors (Lipinski definition) is 0. The second kappa shape index (κ2) is 8.49. The highest BCUT2D eigenvalue weighted by Crippen LogP contribution is 2.25. The molecule has 0 aromatic heterocycles. The molecule has 2 aromatic rings. The largest absolute Gasteiger partial charge is 0.497 e. The van der Waals surface area contributed by atoms with Crippen LogP contribution in [0, 0.1) is 0 Å². The summed E-state index contributed by atoms with van der Waals surface area (Å²) in [5, 5.41) is 0. The summed E-state index contributed by atoms with van der Waals surface area (Å²) in [6.07, 6.45) is 0. The van der Waals surface area contributed by atoms with Crippen LogP contribution in [0.15, 0.2) is 61.7 Å². The molecule has 0 bridgehead atoms. The minimum Gasteiger partial charge on any atom is -0.497 e. The fourth-order valence-corrected chi connectivity index (χ4v) is 3.05. The molecule has 0 radical (unpaired) electrons. The first kappa shape index (κ1) is 17.2. The summed E-state index contributed by atoms with van der Waals surface area (Å²) in [4.78, 5) is 0. The molecule has 0 atom stereocenters. The molecule has 0 aliphatic rings. The van der Waals surface area contributed by atoms with E-state index >= 15 is 0 Å². The van der Waals surface area contributed by atoms with E-state index in [-0.39, 0.29) is 0 Å². The molecule has 0 saturated heterocycles. The summed E-state index contributed by atoms with van der Waals surface area (Å²) in [6.45, 7) is 8.33. The summed E-state index contributed by atoms with van der Waals surface area (Å²) < 4.78 is 10.3. The van der Waals surface area contributed by atoms with Crippen LogP contribution in [-0.2, 0) is 0 Å². The molecule has 23 heavy (non-hydrogen) atoms. The van der Waals surface area contributed by atoms with Gasteiger partial charge in [-0.15, -0.1) is 0 Å². The highest BCUT2D eigenvalue weighted by atomic mass is 32.2. The van der Waals surface area contributed by atoms with Gasteiger partial charge in [0.25, 0.3) is 0 Å². The molecule has 3 heteroatoms. The normalized spacial score (nSPS) is 10.2. The number of ether oxygens (including phenoxy) is 2. The molecule has 2 nitrogen and oxygen atoms in total. The van der Waals surface area contributed by atoms with E-state index in [0.717, 1.165) is 45.3 Å². The molecule has 0 N–H and O–H groups in total. The van der Waals surface area contributed by atoms with Gasteiger partial charge < -0.3 is 9.47 Å². The number of methoxy groups -OCH3 is 2. The highest BCUT2D eigenvalue weighted by Gasteiger charge is 2.03. The lowest BCUT2D eigenvalue weighted by Gasteiger charge is -2.09. The quantitative estimate of drug-likeness (QED) is 0.667. The fraction of sp³-hybridized carbons (Fsp3) is 0.200. The third-order valence-corrected chi connectivity index (χ3v) is 4.65. The van der Waals surface area contributed by atoms with Crippen LogP contribution in [0.4, 0.5) is 0 Å². The lowest BCUT2D eigenvalue weighted by molar-refractivity contribution is 0.414. The van der Waals surface area contributed by atoms with Gasteiger partial charge in [-0.25, -0.2) is 0 Å². The van der Waals surface area contributed by atoms with Gasteiger partial charge in [0.1, 0.15) is 11.5 Å². The Balaban J connectivity index is 1.83. The molecule has 0 saturated carbocycles. The topological polar surface area (TPSA) is 18.5 Å². The van der Waals surface area contributed by atoms with Crippen molar-refractivity contribution in [2.75, 3.05) is 25.7 Å². The second-order valence-corrected chi connectivity index (χ2v) is 6.14. The van der Waals surface area contributed by atoms with Crippen molar-refractivity contribution in [3.8, 4) is 11.5 Å². The van der Waals surface area contributed by atoms with Crippen molar-refractivity contribution in [2.24, 2.45) is 0 Å². The number of rotatable bonds is 8. The van der Waals surface area contributed by atoms with Crippen molar-refractivity contribution in [1.82, 2.24) is 0 Å². The molecule has 0 aliphatic heterocycles.